The van der Waals surface area contributed by atoms with Crippen molar-refractivity contribution in [1.82, 2.24) is 0 Å². The summed E-state index contributed by atoms with van der Waals surface area (Å²) in [6, 6.07) is 0. The number of ether oxygens (including phenoxy) is 1. The number of hydrogen-bond donors (Lipinski definition) is 2. The minimum Gasteiger partial charge on any atom is -0.461 e. The first kappa shape index (κ1) is 22.2. The number of unbranched alkanes of at least 4 members (excludes halogenated alkanes) is 1. The monoisotopic (exact) mass is 378 g/mol. The van der Waals surface area contributed by atoms with Gasteiger partial charge in [-0.2, -0.15) is 0 Å². The van der Waals surface area contributed by atoms with Gasteiger partial charge in [0.25, 0.3) is 0 Å². The first-order valence-corrected chi connectivity index (χ1v) is 10.8. The fourth-order valence-electron chi connectivity index (χ4n) is 4.37. The highest BCUT2D eigenvalue weighted by Crippen LogP contribution is 2.43. The van der Waals surface area contributed by atoms with E-state index in [-0.39, 0.29) is 24.1 Å². The molecule has 27 heavy (non-hydrogen) atoms. The van der Waals surface area contributed by atoms with Gasteiger partial charge in [0, 0.05) is 5.92 Å². The molecule has 0 aliphatic heterocycles. The Morgan fingerprint density at radius 1 is 1.30 bits per heavy atom. The summed E-state index contributed by atoms with van der Waals surface area (Å²) in [6.45, 7) is 7.64. The van der Waals surface area contributed by atoms with E-state index in [1.807, 2.05) is 6.92 Å². The molecule has 0 fully saturated rings. The molecule has 2 aliphatic rings. The van der Waals surface area contributed by atoms with Crippen molar-refractivity contribution in [1.29, 1.82) is 0 Å². The molecule has 0 aromatic rings. The number of rotatable bonds is 9. The van der Waals surface area contributed by atoms with Gasteiger partial charge in [-0.3, -0.25) is 4.79 Å². The third-order valence-corrected chi connectivity index (χ3v) is 6.50. The van der Waals surface area contributed by atoms with Crippen LogP contribution in [0.2, 0.25) is 0 Å². The molecule has 0 amide bonds. The largest absolute Gasteiger partial charge is 0.461 e. The quantitative estimate of drug-likeness (QED) is 0.461. The zero-order valence-electron chi connectivity index (χ0n) is 17.4. The van der Waals surface area contributed by atoms with E-state index >= 15 is 0 Å². The zero-order valence-corrected chi connectivity index (χ0v) is 17.4. The number of aliphatic hydroxyl groups is 2. The predicted octanol–water partition coefficient (Wildman–Crippen LogP) is 4.40. The molecule has 2 N–H and O–H groups in total. The van der Waals surface area contributed by atoms with E-state index in [1.165, 1.54) is 5.57 Å². The summed E-state index contributed by atoms with van der Waals surface area (Å²) in [7, 11) is 0. The first-order valence-electron chi connectivity index (χ1n) is 10.8. The molecular weight excluding hydrogens is 340 g/mol. The average Bonchev–Trinajstić information content (AvgIpc) is 2.65. The number of hydrogen-bond acceptors (Lipinski definition) is 4. The molecule has 0 bridgehead atoms. The van der Waals surface area contributed by atoms with Crippen LogP contribution >= 0.6 is 0 Å². The molecule has 0 heterocycles. The number of carbonyl (C=O) groups excluding carboxylic acids is 1. The van der Waals surface area contributed by atoms with Crippen molar-refractivity contribution < 1.29 is 19.7 Å². The smallest absolute Gasteiger partial charge is 0.311 e. The minimum absolute atomic E-state index is 0.0997. The number of esters is 1. The molecule has 2 aliphatic carbocycles. The van der Waals surface area contributed by atoms with Crippen LogP contribution in [-0.2, 0) is 9.53 Å². The van der Waals surface area contributed by atoms with Gasteiger partial charge in [0.1, 0.15) is 6.10 Å². The number of allylic oxidation sites excluding steroid dienone is 3. The van der Waals surface area contributed by atoms with Crippen molar-refractivity contribution in [2.75, 3.05) is 0 Å². The lowest BCUT2D eigenvalue weighted by molar-refractivity contribution is -0.161. The summed E-state index contributed by atoms with van der Waals surface area (Å²) in [5, 5.41) is 19.5. The molecule has 0 saturated heterocycles. The van der Waals surface area contributed by atoms with Gasteiger partial charge in [0.15, 0.2) is 0 Å². The highest BCUT2D eigenvalue weighted by molar-refractivity contribution is 5.72. The molecule has 154 valence electrons. The van der Waals surface area contributed by atoms with Gasteiger partial charge >= 0.3 is 5.97 Å². The molecule has 0 unspecified atom stereocenters. The summed E-state index contributed by atoms with van der Waals surface area (Å²) in [5.41, 5.74) is 1.31. The van der Waals surface area contributed by atoms with Crippen LogP contribution in [0.15, 0.2) is 23.8 Å². The molecule has 7 atom stereocenters. The van der Waals surface area contributed by atoms with E-state index in [1.54, 1.807) is 13.8 Å². The molecule has 4 nitrogen and oxygen atoms in total. The Balaban J connectivity index is 2.04. The van der Waals surface area contributed by atoms with Crippen LogP contribution in [0, 0.1) is 23.7 Å². The van der Waals surface area contributed by atoms with Crippen LogP contribution in [0.1, 0.15) is 72.6 Å². The van der Waals surface area contributed by atoms with Gasteiger partial charge in [-0.05, 0) is 63.4 Å². The van der Waals surface area contributed by atoms with Crippen LogP contribution in [0.25, 0.3) is 0 Å². The third kappa shape index (κ3) is 5.92. The third-order valence-electron chi connectivity index (χ3n) is 6.50. The molecular formula is C23H38O4. The number of aliphatic hydroxyl groups excluding tert-OH is 2. The second kappa shape index (κ2) is 10.4. The van der Waals surface area contributed by atoms with Gasteiger partial charge in [-0.15, -0.1) is 0 Å². The summed E-state index contributed by atoms with van der Waals surface area (Å²) in [4.78, 5) is 12.4. The van der Waals surface area contributed by atoms with E-state index in [9.17, 15) is 15.0 Å². The number of fused-ring (bicyclic) bond motifs is 1. The second-order valence-electron chi connectivity index (χ2n) is 8.54. The van der Waals surface area contributed by atoms with E-state index in [4.69, 9.17) is 4.74 Å². The van der Waals surface area contributed by atoms with Crippen LogP contribution in [0.3, 0.4) is 0 Å². The summed E-state index contributed by atoms with van der Waals surface area (Å²) in [5.74, 6) is 0.380. The summed E-state index contributed by atoms with van der Waals surface area (Å²) >= 11 is 0. The second-order valence-corrected chi connectivity index (χ2v) is 8.54. The molecule has 4 heteroatoms. The fourth-order valence-corrected chi connectivity index (χ4v) is 4.37. The fraction of sp³-hybridized carbons (Fsp3) is 0.783. The molecule has 0 spiro atoms. The lowest BCUT2D eigenvalue weighted by Crippen LogP contribution is -2.40. The Hall–Kier alpha value is -1.13. The maximum atomic E-state index is 12.4. The van der Waals surface area contributed by atoms with Crippen molar-refractivity contribution in [2.24, 2.45) is 23.7 Å². The standard InChI is InChI=1S/C23H38O4/c1-5-19(25)10-6-7-11-20-15(2)13-14-18-9-8-12-21(22(18)20)27-23(26)16(3)17(4)24/h9,13-17,19-22,24-25H,5-8,10-12H2,1-4H3/t15-,16-,17+,19-,20-,21-,22-/m0/s1. The maximum absolute atomic E-state index is 12.4. The normalized spacial score (nSPS) is 30.8. The molecule has 0 aromatic heterocycles. The Kier molecular flexibility index (Phi) is 8.56. The van der Waals surface area contributed by atoms with Gasteiger partial charge in [-0.25, -0.2) is 0 Å². The van der Waals surface area contributed by atoms with E-state index in [0.717, 1.165) is 44.9 Å². The molecule has 2 rings (SSSR count). The maximum Gasteiger partial charge on any atom is 0.311 e. The van der Waals surface area contributed by atoms with Crippen molar-refractivity contribution >= 4 is 5.97 Å². The summed E-state index contributed by atoms with van der Waals surface area (Å²) in [6.07, 6.45) is 12.5. The average molecular weight is 379 g/mol. The molecule has 0 aromatic carbocycles. The van der Waals surface area contributed by atoms with Crippen LogP contribution in [-0.4, -0.2) is 34.5 Å². The van der Waals surface area contributed by atoms with Crippen molar-refractivity contribution in [3.8, 4) is 0 Å². The van der Waals surface area contributed by atoms with Gasteiger partial charge in [0.05, 0.1) is 18.1 Å². The van der Waals surface area contributed by atoms with Crippen molar-refractivity contribution in [2.45, 2.75) is 91.0 Å². The van der Waals surface area contributed by atoms with Gasteiger partial charge in [-0.1, -0.05) is 44.9 Å². The Bertz CT molecular complexity index is 536. The van der Waals surface area contributed by atoms with E-state index < -0.39 is 12.0 Å². The van der Waals surface area contributed by atoms with Gasteiger partial charge < -0.3 is 14.9 Å². The molecule has 0 radical (unpaired) electrons. The highest BCUT2D eigenvalue weighted by Gasteiger charge is 2.40. The SMILES string of the molecule is CC[C@H](O)CCCC[C@@H]1[C@@H]2C(=CCC[C@@H]2OC(=O)[C@@H](C)[C@@H](C)O)C=C[C@@H]1C. The lowest BCUT2D eigenvalue weighted by Gasteiger charge is -2.42. The van der Waals surface area contributed by atoms with Crippen LogP contribution in [0.5, 0.6) is 0 Å². The first-order chi connectivity index (χ1) is 12.8. The van der Waals surface area contributed by atoms with Crippen molar-refractivity contribution in [3.05, 3.63) is 23.8 Å². The topological polar surface area (TPSA) is 66.8 Å². The molecule has 0 saturated carbocycles. The van der Waals surface area contributed by atoms with E-state index in [0.29, 0.717) is 11.8 Å². The van der Waals surface area contributed by atoms with Crippen LogP contribution in [0.4, 0.5) is 0 Å². The number of carbonyl (C=O) groups is 1. The lowest BCUT2D eigenvalue weighted by atomic mass is 9.66. The highest BCUT2D eigenvalue weighted by atomic mass is 16.5. The Labute approximate surface area is 164 Å². The zero-order chi connectivity index (χ0) is 20.0. The van der Waals surface area contributed by atoms with Crippen LogP contribution < -0.4 is 0 Å². The Morgan fingerprint density at radius 3 is 2.70 bits per heavy atom. The van der Waals surface area contributed by atoms with E-state index in [2.05, 4.69) is 25.2 Å². The summed E-state index contributed by atoms with van der Waals surface area (Å²) < 4.78 is 5.91. The predicted molar refractivity (Wildman–Crippen MR) is 108 cm³/mol. The minimum atomic E-state index is -0.693. The van der Waals surface area contributed by atoms with Crippen molar-refractivity contribution in [3.63, 3.8) is 0 Å². The Morgan fingerprint density at radius 2 is 2.04 bits per heavy atom. The van der Waals surface area contributed by atoms with Gasteiger partial charge in [0.2, 0.25) is 0 Å².